The van der Waals surface area contributed by atoms with E-state index < -0.39 is 6.10 Å². The Morgan fingerprint density at radius 3 is 2.38 bits per heavy atom. The van der Waals surface area contributed by atoms with Crippen LogP contribution in [0.25, 0.3) is 0 Å². The molecule has 5 nitrogen and oxygen atoms in total. The van der Waals surface area contributed by atoms with Crippen molar-refractivity contribution < 1.29 is 19.0 Å². The highest BCUT2D eigenvalue weighted by atomic mass is 16.5. The van der Waals surface area contributed by atoms with E-state index in [1.165, 1.54) is 0 Å². The molecule has 1 unspecified atom stereocenters. The van der Waals surface area contributed by atoms with Gasteiger partial charge in [-0.1, -0.05) is 17.7 Å². The van der Waals surface area contributed by atoms with Crippen molar-refractivity contribution in [1.82, 2.24) is 0 Å². The normalized spacial score (nSPS) is 11.5. The Hall–Kier alpha value is -2.69. The highest BCUT2D eigenvalue weighted by molar-refractivity contribution is 5.95. The van der Waals surface area contributed by atoms with Gasteiger partial charge in [0.15, 0.2) is 6.10 Å². The number of benzene rings is 2. The Labute approximate surface area is 142 Å². The Morgan fingerprint density at radius 1 is 1.00 bits per heavy atom. The Bertz CT molecular complexity index is 727. The van der Waals surface area contributed by atoms with Gasteiger partial charge in [0.1, 0.15) is 17.2 Å². The number of carbonyl (C=O) groups is 1. The van der Waals surface area contributed by atoms with Gasteiger partial charge in [-0.05, 0) is 44.5 Å². The van der Waals surface area contributed by atoms with Gasteiger partial charge in [-0.25, -0.2) is 0 Å². The van der Waals surface area contributed by atoms with Gasteiger partial charge in [-0.3, -0.25) is 4.79 Å². The summed E-state index contributed by atoms with van der Waals surface area (Å²) in [4.78, 5) is 12.4. The summed E-state index contributed by atoms with van der Waals surface area (Å²) in [6.07, 6.45) is -0.641. The van der Waals surface area contributed by atoms with Crippen LogP contribution in [0, 0.1) is 13.8 Å². The van der Waals surface area contributed by atoms with Gasteiger partial charge in [-0.15, -0.1) is 0 Å². The van der Waals surface area contributed by atoms with Crippen LogP contribution in [0.4, 0.5) is 5.69 Å². The van der Waals surface area contributed by atoms with E-state index in [9.17, 15) is 4.79 Å². The first-order valence-corrected chi connectivity index (χ1v) is 7.71. The zero-order valence-electron chi connectivity index (χ0n) is 14.7. The van der Waals surface area contributed by atoms with Crippen LogP contribution in [0.5, 0.6) is 17.2 Å². The summed E-state index contributed by atoms with van der Waals surface area (Å²) in [6.45, 7) is 5.69. The van der Waals surface area contributed by atoms with Crippen LogP contribution >= 0.6 is 0 Å². The molecular weight excluding hydrogens is 306 g/mol. The number of methoxy groups -OCH3 is 2. The number of ether oxygens (including phenoxy) is 3. The minimum Gasteiger partial charge on any atom is -0.497 e. The zero-order valence-corrected chi connectivity index (χ0v) is 14.7. The maximum Gasteiger partial charge on any atom is 0.265 e. The second-order valence-corrected chi connectivity index (χ2v) is 5.58. The molecule has 5 heteroatoms. The predicted octanol–water partition coefficient (Wildman–Crippen LogP) is 3.73. The summed E-state index contributed by atoms with van der Waals surface area (Å²) in [6, 6.07) is 11.1. The average Bonchev–Trinajstić information content (AvgIpc) is 2.57. The van der Waals surface area contributed by atoms with Crippen molar-refractivity contribution in [1.29, 1.82) is 0 Å². The third kappa shape index (κ3) is 4.19. The largest absolute Gasteiger partial charge is 0.497 e. The number of aryl methyl sites for hydroxylation is 2. The number of hydrogen-bond donors (Lipinski definition) is 1. The maximum absolute atomic E-state index is 12.4. The summed E-state index contributed by atoms with van der Waals surface area (Å²) in [5, 5.41) is 2.82. The molecule has 0 fully saturated rings. The van der Waals surface area contributed by atoms with Gasteiger partial charge >= 0.3 is 0 Å². The molecule has 0 bridgehead atoms. The molecule has 2 aromatic rings. The van der Waals surface area contributed by atoms with Gasteiger partial charge in [0.25, 0.3) is 5.91 Å². The minimum atomic E-state index is -0.641. The van der Waals surface area contributed by atoms with E-state index in [4.69, 9.17) is 14.2 Å². The van der Waals surface area contributed by atoms with Crippen molar-refractivity contribution in [3.8, 4) is 17.2 Å². The lowest BCUT2D eigenvalue weighted by molar-refractivity contribution is -0.122. The van der Waals surface area contributed by atoms with Crippen molar-refractivity contribution in [2.24, 2.45) is 0 Å². The van der Waals surface area contributed by atoms with Gasteiger partial charge in [0.05, 0.1) is 19.9 Å². The maximum atomic E-state index is 12.4. The van der Waals surface area contributed by atoms with Crippen molar-refractivity contribution in [2.75, 3.05) is 19.5 Å². The lowest BCUT2D eigenvalue weighted by atomic mass is 10.1. The smallest absolute Gasteiger partial charge is 0.265 e. The van der Waals surface area contributed by atoms with Gasteiger partial charge in [0.2, 0.25) is 0 Å². The summed E-state index contributed by atoms with van der Waals surface area (Å²) < 4.78 is 16.2. The molecule has 0 aromatic heterocycles. The first kappa shape index (κ1) is 17.7. The molecule has 0 spiro atoms. The van der Waals surface area contributed by atoms with Crippen LogP contribution in [0.15, 0.2) is 36.4 Å². The second-order valence-electron chi connectivity index (χ2n) is 5.58. The molecule has 2 rings (SSSR count). The van der Waals surface area contributed by atoms with Crippen LogP contribution < -0.4 is 19.5 Å². The standard InChI is InChI=1S/C19H23NO4/c1-12-6-9-17(13(2)10-12)24-14(3)19(21)20-16-8-7-15(22-4)11-18(16)23-5/h6-11,14H,1-5H3,(H,20,21). The number of rotatable bonds is 6. The highest BCUT2D eigenvalue weighted by Gasteiger charge is 2.18. The van der Waals surface area contributed by atoms with Crippen LogP contribution in [0.2, 0.25) is 0 Å². The molecule has 0 radical (unpaired) electrons. The molecule has 0 saturated carbocycles. The van der Waals surface area contributed by atoms with E-state index in [2.05, 4.69) is 5.32 Å². The van der Waals surface area contributed by atoms with Crippen molar-refractivity contribution in [3.63, 3.8) is 0 Å². The number of carbonyl (C=O) groups excluding carboxylic acids is 1. The van der Waals surface area contributed by atoms with Gasteiger partial charge < -0.3 is 19.5 Å². The fraction of sp³-hybridized carbons (Fsp3) is 0.316. The second kappa shape index (κ2) is 7.73. The molecular formula is C19H23NO4. The summed E-state index contributed by atoms with van der Waals surface area (Å²) in [5.41, 5.74) is 2.72. The molecule has 128 valence electrons. The molecule has 1 amide bonds. The van der Waals surface area contributed by atoms with Crippen molar-refractivity contribution in [3.05, 3.63) is 47.5 Å². The van der Waals surface area contributed by atoms with E-state index >= 15 is 0 Å². The summed E-state index contributed by atoms with van der Waals surface area (Å²) in [7, 11) is 3.12. The third-order valence-electron chi connectivity index (χ3n) is 3.67. The molecule has 1 N–H and O–H groups in total. The van der Waals surface area contributed by atoms with Crippen molar-refractivity contribution >= 4 is 11.6 Å². The fourth-order valence-electron chi connectivity index (χ4n) is 2.31. The first-order valence-electron chi connectivity index (χ1n) is 7.71. The molecule has 0 heterocycles. The van der Waals surface area contributed by atoms with Crippen molar-refractivity contribution in [2.45, 2.75) is 26.9 Å². The lowest BCUT2D eigenvalue weighted by Crippen LogP contribution is -2.30. The number of amides is 1. The lowest BCUT2D eigenvalue weighted by Gasteiger charge is -2.18. The fourth-order valence-corrected chi connectivity index (χ4v) is 2.31. The quantitative estimate of drug-likeness (QED) is 0.877. The van der Waals surface area contributed by atoms with Gasteiger partial charge in [-0.2, -0.15) is 0 Å². The van der Waals surface area contributed by atoms with E-state index in [0.717, 1.165) is 11.1 Å². The molecule has 24 heavy (non-hydrogen) atoms. The monoisotopic (exact) mass is 329 g/mol. The molecule has 0 aliphatic carbocycles. The van der Waals surface area contributed by atoms with Crippen LogP contribution in [0.3, 0.4) is 0 Å². The van der Waals surface area contributed by atoms with Gasteiger partial charge in [0, 0.05) is 6.07 Å². The van der Waals surface area contributed by atoms with E-state index in [-0.39, 0.29) is 5.91 Å². The summed E-state index contributed by atoms with van der Waals surface area (Å²) in [5.74, 6) is 1.63. The third-order valence-corrected chi connectivity index (χ3v) is 3.67. The molecule has 0 saturated heterocycles. The molecule has 2 aromatic carbocycles. The van der Waals surface area contributed by atoms with Crippen LogP contribution in [-0.4, -0.2) is 26.2 Å². The summed E-state index contributed by atoms with van der Waals surface area (Å²) >= 11 is 0. The molecule has 1 atom stereocenters. The van der Waals surface area contributed by atoms with E-state index in [0.29, 0.717) is 22.9 Å². The SMILES string of the molecule is COc1ccc(NC(=O)C(C)Oc2ccc(C)cc2C)c(OC)c1. The zero-order chi connectivity index (χ0) is 17.7. The Morgan fingerprint density at radius 2 is 1.75 bits per heavy atom. The highest BCUT2D eigenvalue weighted by Crippen LogP contribution is 2.29. The molecule has 0 aliphatic heterocycles. The number of hydrogen-bond acceptors (Lipinski definition) is 4. The predicted molar refractivity (Wildman–Crippen MR) is 94.2 cm³/mol. The van der Waals surface area contributed by atoms with E-state index in [1.807, 2.05) is 32.0 Å². The van der Waals surface area contributed by atoms with Crippen LogP contribution in [0.1, 0.15) is 18.1 Å². The average molecular weight is 329 g/mol. The van der Waals surface area contributed by atoms with Crippen LogP contribution in [-0.2, 0) is 4.79 Å². The number of anilines is 1. The first-order chi connectivity index (χ1) is 11.4. The molecule has 0 aliphatic rings. The topological polar surface area (TPSA) is 56.8 Å². The Balaban J connectivity index is 2.08. The number of nitrogens with one attached hydrogen (secondary N) is 1. The minimum absolute atomic E-state index is 0.251. The van der Waals surface area contributed by atoms with E-state index in [1.54, 1.807) is 39.3 Å². The Kier molecular flexibility index (Phi) is 5.68.